The number of para-hydroxylation sites is 2. The summed E-state index contributed by atoms with van der Waals surface area (Å²) in [4.78, 5) is 5.10. The molecule has 0 unspecified atom stereocenters. The van der Waals surface area contributed by atoms with Crippen LogP contribution < -0.4 is 0 Å². The Morgan fingerprint density at radius 3 is 2.39 bits per heavy atom. The van der Waals surface area contributed by atoms with Gasteiger partial charge in [-0.1, -0.05) is 76.2 Å². The van der Waals surface area contributed by atoms with Gasteiger partial charge >= 0.3 is 0 Å². The second kappa shape index (κ2) is 7.97. The number of fused-ring (bicyclic) bond motifs is 2. The molecule has 0 saturated heterocycles. The zero-order valence-corrected chi connectivity index (χ0v) is 19.3. The van der Waals surface area contributed by atoms with Crippen molar-refractivity contribution < 1.29 is 1.37 Å². The average Bonchev–Trinajstić information content (AvgIpc) is 3.34. The maximum atomic E-state index is 7.98. The molecular weight excluding hydrogens is 396 g/mol. The summed E-state index contributed by atoms with van der Waals surface area (Å²) in [7, 11) is 0. The van der Waals surface area contributed by atoms with Gasteiger partial charge in [0.1, 0.15) is 5.82 Å². The first-order valence-electron chi connectivity index (χ1n) is 11.5. The molecule has 0 amide bonds. The Balaban J connectivity index is 1.76. The Bertz CT molecular complexity index is 1400. The largest absolute Gasteiger partial charge is 0.319 e. The van der Waals surface area contributed by atoms with Gasteiger partial charge in [-0.25, -0.2) is 4.98 Å². The molecule has 0 N–H and O–H groups in total. The van der Waals surface area contributed by atoms with E-state index in [9.17, 15) is 0 Å². The lowest BCUT2D eigenvalue weighted by Gasteiger charge is -2.21. The van der Waals surface area contributed by atoms with E-state index in [1.165, 1.54) is 22.1 Å². The van der Waals surface area contributed by atoms with Crippen molar-refractivity contribution in [1.29, 1.82) is 0 Å². The molecular formula is C28H28N2S. The molecule has 2 heterocycles. The molecule has 0 atom stereocenters. The molecule has 0 aliphatic heterocycles. The van der Waals surface area contributed by atoms with Gasteiger partial charge in [0.25, 0.3) is 0 Å². The zero-order valence-electron chi connectivity index (χ0n) is 19.5. The minimum atomic E-state index is 0.458. The summed E-state index contributed by atoms with van der Waals surface area (Å²) in [5.74, 6) is 1.92. The van der Waals surface area contributed by atoms with Gasteiger partial charge in [0.2, 0.25) is 0 Å². The van der Waals surface area contributed by atoms with E-state index >= 15 is 0 Å². The highest BCUT2D eigenvalue weighted by Gasteiger charge is 2.20. The smallest absolute Gasteiger partial charge is 0.142 e. The van der Waals surface area contributed by atoms with Gasteiger partial charge in [-0.15, -0.1) is 11.3 Å². The van der Waals surface area contributed by atoms with Crippen molar-refractivity contribution >= 4 is 32.5 Å². The average molecular weight is 426 g/mol. The highest BCUT2D eigenvalue weighted by atomic mass is 32.1. The lowest BCUT2D eigenvalue weighted by Crippen LogP contribution is -2.10. The molecule has 0 aliphatic rings. The predicted octanol–water partition coefficient (Wildman–Crippen LogP) is 8.21. The van der Waals surface area contributed by atoms with Crippen molar-refractivity contribution in [3.8, 4) is 11.4 Å². The number of hydrogen-bond donors (Lipinski definition) is 0. The summed E-state index contributed by atoms with van der Waals surface area (Å²) in [6, 6.07) is 21.6. The summed E-state index contributed by atoms with van der Waals surface area (Å²) in [5.41, 5.74) is 7.56. The lowest BCUT2D eigenvalue weighted by molar-refractivity contribution is 0.750. The molecule has 0 fully saturated rings. The molecule has 3 heteroatoms. The Kier molecular flexibility index (Phi) is 4.84. The summed E-state index contributed by atoms with van der Waals surface area (Å²) in [6.07, 6.45) is 0. The van der Waals surface area contributed by atoms with Gasteiger partial charge in [0.05, 0.1) is 18.9 Å². The van der Waals surface area contributed by atoms with Gasteiger partial charge in [-0.2, -0.15) is 0 Å². The maximum absolute atomic E-state index is 7.98. The van der Waals surface area contributed by atoms with E-state index in [0.29, 0.717) is 17.9 Å². The van der Waals surface area contributed by atoms with Crippen LogP contribution in [0.15, 0.2) is 72.1 Å². The van der Waals surface area contributed by atoms with Crippen molar-refractivity contribution in [3.05, 3.63) is 88.8 Å². The third kappa shape index (κ3) is 3.47. The number of aromatic nitrogens is 2. The number of rotatable bonds is 5. The standard InChI is InChI=1S/C28H28N2S/c1-18(2)20-11-9-12-21(19(3)4)23(20)16-30-26-14-7-6-13-25(26)29-28(30)24-17-31-27-15-8-5-10-22(24)27/h5-15,17-19H,16H2,1-4H3/i8D. The minimum absolute atomic E-state index is 0.458. The van der Waals surface area contributed by atoms with Crippen LogP contribution >= 0.6 is 11.3 Å². The second-order valence-corrected chi connectivity index (χ2v) is 9.72. The van der Waals surface area contributed by atoms with Gasteiger partial charge in [0, 0.05) is 21.0 Å². The van der Waals surface area contributed by atoms with Crippen LogP contribution in [-0.4, -0.2) is 9.55 Å². The second-order valence-electron chi connectivity index (χ2n) is 8.81. The van der Waals surface area contributed by atoms with Crippen LogP contribution in [0.25, 0.3) is 32.5 Å². The molecule has 5 aromatic rings. The Labute approximate surface area is 189 Å². The van der Waals surface area contributed by atoms with E-state index in [1.807, 2.05) is 12.1 Å². The first-order chi connectivity index (χ1) is 15.4. The molecule has 0 aliphatic carbocycles. The lowest BCUT2D eigenvalue weighted by atomic mass is 9.88. The summed E-state index contributed by atoms with van der Waals surface area (Å²) in [5, 5.41) is 3.36. The summed E-state index contributed by atoms with van der Waals surface area (Å²) < 4.78 is 11.5. The first kappa shape index (κ1) is 18.8. The molecule has 31 heavy (non-hydrogen) atoms. The van der Waals surface area contributed by atoms with Crippen LogP contribution in [0.2, 0.25) is 0 Å². The molecule has 2 nitrogen and oxygen atoms in total. The van der Waals surface area contributed by atoms with E-state index < -0.39 is 0 Å². The summed E-state index contributed by atoms with van der Waals surface area (Å²) >= 11 is 1.69. The van der Waals surface area contributed by atoms with Gasteiger partial charge in [0.15, 0.2) is 0 Å². The molecule has 0 spiro atoms. The van der Waals surface area contributed by atoms with E-state index in [4.69, 9.17) is 6.35 Å². The van der Waals surface area contributed by atoms with Crippen molar-refractivity contribution in [2.75, 3.05) is 0 Å². The number of hydrogen-bond acceptors (Lipinski definition) is 2. The van der Waals surface area contributed by atoms with Crippen molar-refractivity contribution in [2.45, 2.75) is 46.1 Å². The highest BCUT2D eigenvalue weighted by Crippen LogP contribution is 2.37. The van der Waals surface area contributed by atoms with E-state index in [2.05, 4.69) is 86.2 Å². The van der Waals surface area contributed by atoms with Crippen molar-refractivity contribution in [2.24, 2.45) is 0 Å². The minimum Gasteiger partial charge on any atom is -0.319 e. The quantitative estimate of drug-likeness (QED) is 0.277. The SMILES string of the molecule is [2H]c1ccc2c(-c3nc4ccccc4n3Cc3c(C(C)C)cccc3C(C)C)csc2c1. The van der Waals surface area contributed by atoms with Crippen molar-refractivity contribution in [3.63, 3.8) is 0 Å². The van der Waals surface area contributed by atoms with E-state index in [1.54, 1.807) is 11.3 Å². The molecule has 3 aromatic carbocycles. The van der Waals surface area contributed by atoms with Gasteiger partial charge in [-0.3, -0.25) is 0 Å². The molecule has 2 aromatic heterocycles. The van der Waals surface area contributed by atoms with Crippen molar-refractivity contribution in [1.82, 2.24) is 9.55 Å². The Morgan fingerprint density at radius 1 is 0.903 bits per heavy atom. The molecule has 156 valence electrons. The van der Waals surface area contributed by atoms with E-state index in [-0.39, 0.29) is 0 Å². The third-order valence-electron chi connectivity index (χ3n) is 6.12. The van der Waals surface area contributed by atoms with Crippen LogP contribution in [0.5, 0.6) is 0 Å². The first-order valence-corrected chi connectivity index (χ1v) is 11.9. The van der Waals surface area contributed by atoms with Gasteiger partial charge < -0.3 is 4.57 Å². The van der Waals surface area contributed by atoms with Gasteiger partial charge in [-0.05, 0) is 46.7 Å². The number of thiophene rings is 1. The Morgan fingerprint density at radius 2 is 1.65 bits per heavy atom. The summed E-state index contributed by atoms with van der Waals surface area (Å²) in [6.45, 7) is 9.91. The fourth-order valence-corrected chi connectivity index (χ4v) is 5.50. The van der Waals surface area contributed by atoms with Crippen LogP contribution in [0.4, 0.5) is 0 Å². The molecule has 0 saturated carbocycles. The number of benzene rings is 3. The molecule has 5 rings (SSSR count). The highest BCUT2D eigenvalue weighted by molar-refractivity contribution is 7.17. The fraction of sp³-hybridized carbons (Fsp3) is 0.250. The normalized spacial score (nSPS) is 12.4. The predicted molar refractivity (Wildman–Crippen MR) is 134 cm³/mol. The zero-order chi connectivity index (χ0) is 22.4. The monoisotopic (exact) mass is 425 g/mol. The Hall–Kier alpha value is -2.91. The maximum Gasteiger partial charge on any atom is 0.142 e. The third-order valence-corrected chi connectivity index (χ3v) is 7.07. The van der Waals surface area contributed by atoms with Crippen LogP contribution in [0, 0.1) is 0 Å². The fourth-order valence-electron chi connectivity index (χ4n) is 4.58. The van der Waals surface area contributed by atoms with Crippen LogP contribution in [-0.2, 0) is 6.54 Å². The van der Waals surface area contributed by atoms with Crippen LogP contribution in [0.1, 0.15) is 57.6 Å². The number of nitrogens with zero attached hydrogens (tertiary/aromatic N) is 2. The van der Waals surface area contributed by atoms with Crippen LogP contribution in [0.3, 0.4) is 0 Å². The van der Waals surface area contributed by atoms with E-state index in [0.717, 1.165) is 33.7 Å². The molecule has 0 radical (unpaired) electrons. The number of imidazole rings is 1. The topological polar surface area (TPSA) is 17.8 Å². The molecule has 0 bridgehead atoms.